The van der Waals surface area contributed by atoms with Crippen molar-refractivity contribution in [3.05, 3.63) is 70.2 Å². The van der Waals surface area contributed by atoms with Crippen LogP contribution in [0.25, 0.3) is 0 Å². The van der Waals surface area contributed by atoms with Gasteiger partial charge in [0, 0.05) is 23.2 Å². The summed E-state index contributed by atoms with van der Waals surface area (Å²) in [5.41, 5.74) is 2.49. The van der Waals surface area contributed by atoms with Crippen LogP contribution in [-0.4, -0.2) is 31.4 Å². The van der Waals surface area contributed by atoms with Crippen LogP contribution in [0.4, 0.5) is 0 Å². The standard InChI is InChI=1S/C23H25ClN2O3S/c1-16(26-22(27)23(11-4-12-23)30(2,28)29)21(14-17-7-9-20(24)10-8-17)19-6-3-5-18(13-19)15-25/h3,5-10,13,16,21H,4,11-12,14H2,1-2H3,(H,26,27)/t16-,21?/m0/s1. The van der Waals surface area contributed by atoms with Crippen molar-refractivity contribution in [3.8, 4) is 6.07 Å². The molecule has 0 spiro atoms. The van der Waals surface area contributed by atoms with E-state index >= 15 is 0 Å². The smallest absolute Gasteiger partial charge is 0.241 e. The van der Waals surface area contributed by atoms with Gasteiger partial charge in [-0.1, -0.05) is 35.9 Å². The van der Waals surface area contributed by atoms with Crippen molar-refractivity contribution in [2.24, 2.45) is 0 Å². The summed E-state index contributed by atoms with van der Waals surface area (Å²) >= 11 is 6.00. The largest absolute Gasteiger partial charge is 0.352 e. The van der Waals surface area contributed by atoms with Crippen molar-refractivity contribution in [1.29, 1.82) is 5.26 Å². The van der Waals surface area contributed by atoms with Crippen molar-refractivity contribution < 1.29 is 13.2 Å². The predicted molar refractivity (Wildman–Crippen MR) is 118 cm³/mol. The monoisotopic (exact) mass is 444 g/mol. The van der Waals surface area contributed by atoms with E-state index in [1.165, 1.54) is 0 Å². The number of rotatable bonds is 7. The van der Waals surface area contributed by atoms with E-state index in [2.05, 4.69) is 11.4 Å². The number of carbonyl (C=O) groups is 1. The molecule has 0 radical (unpaired) electrons. The van der Waals surface area contributed by atoms with E-state index in [4.69, 9.17) is 11.6 Å². The third-order valence-corrected chi connectivity index (χ3v) is 8.33. The molecular formula is C23H25ClN2O3S. The summed E-state index contributed by atoms with van der Waals surface area (Å²) in [6.07, 6.45) is 3.19. The lowest BCUT2D eigenvalue weighted by molar-refractivity contribution is -0.126. The number of hydrogen-bond donors (Lipinski definition) is 1. The average Bonchev–Trinajstić information content (AvgIpc) is 2.65. The highest BCUT2D eigenvalue weighted by Gasteiger charge is 2.53. The number of benzene rings is 2. The average molecular weight is 445 g/mol. The van der Waals surface area contributed by atoms with Crippen LogP contribution in [0, 0.1) is 11.3 Å². The maximum Gasteiger partial charge on any atom is 0.241 e. The van der Waals surface area contributed by atoms with Crippen LogP contribution in [0.15, 0.2) is 48.5 Å². The summed E-state index contributed by atoms with van der Waals surface area (Å²) in [7, 11) is -3.51. The molecular weight excluding hydrogens is 420 g/mol. The summed E-state index contributed by atoms with van der Waals surface area (Å²) in [5, 5.41) is 12.9. The Morgan fingerprint density at radius 2 is 1.90 bits per heavy atom. The quantitative estimate of drug-likeness (QED) is 0.698. The third-order valence-electron chi connectivity index (χ3n) is 6.06. The van der Waals surface area contributed by atoms with Crippen molar-refractivity contribution in [2.45, 2.75) is 49.3 Å². The highest BCUT2D eigenvalue weighted by atomic mass is 35.5. The number of hydrogen-bond acceptors (Lipinski definition) is 4. The first-order chi connectivity index (χ1) is 14.2. The molecule has 7 heteroatoms. The van der Waals surface area contributed by atoms with Crippen LogP contribution in [-0.2, 0) is 21.1 Å². The van der Waals surface area contributed by atoms with Gasteiger partial charge in [-0.15, -0.1) is 0 Å². The number of halogens is 1. The van der Waals surface area contributed by atoms with E-state index in [0.29, 0.717) is 29.8 Å². The first-order valence-corrected chi connectivity index (χ1v) is 12.2. The molecule has 3 rings (SSSR count). The highest BCUT2D eigenvalue weighted by molar-refractivity contribution is 7.93. The minimum absolute atomic E-state index is 0.139. The first-order valence-electron chi connectivity index (χ1n) is 9.91. The number of nitrogens with zero attached hydrogens (tertiary/aromatic N) is 1. The van der Waals surface area contributed by atoms with E-state index in [1.54, 1.807) is 6.07 Å². The van der Waals surface area contributed by atoms with Gasteiger partial charge in [-0.05, 0) is 68.0 Å². The molecule has 0 saturated heterocycles. The minimum Gasteiger partial charge on any atom is -0.352 e. The molecule has 2 aromatic carbocycles. The van der Waals surface area contributed by atoms with Crippen molar-refractivity contribution in [2.75, 3.05) is 6.26 Å². The maximum atomic E-state index is 13.0. The number of amides is 1. The molecule has 1 aliphatic rings. The molecule has 2 aromatic rings. The van der Waals surface area contributed by atoms with Crippen LogP contribution in [0.2, 0.25) is 5.02 Å². The normalized spacial score (nSPS) is 17.3. The van der Waals surface area contributed by atoms with Crippen molar-refractivity contribution >= 4 is 27.3 Å². The number of nitriles is 1. The molecule has 1 aliphatic carbocycles. The number of nitrogens with one attached hydrogen (secondary N) is 1. The molecule has 158 valence electrons. The van der Waals surface area contributed by atoms with Gasteiger partial charge in [-0.25, -0.2) is 8.42 Å². The van der Waals surface area contributed by atoms with Crippen molar-refractivity contribution in [1.82, 2.24) is 5.32 Å². The van der Waals surface area contributed by atoms with Gasteiger partial charge in [-0.2, -0.15) is 5.26 Å². The molecule has 0 bridgehead atoms. The van der Waals surface area contributed by atoms with Gasteiger partial charge in [0.05, 0.1) is 11.6 Å². The van der Waals surface area contributed by atoms with Gasteiger partial charge >= 0.3 is 0 Å². The SMILES string of the molecule is C[C@H](NC(=O)C1(S(C)(=O)=O)CCC1)C(Cc1ccc(Cl)cc1)c1cccc(C#N)c1. The third kappa shape index (κ3) is 4.53. The summed E-state index contributed by atoms with van der Waals surface area (Å²) < 4.78 is 23.3. The fourth-order valence-corrected chi connectivity index (χ4v) is 5.55. The Balaban J connectivity index is 1.89. The zero-order valence-electron chi connectivity index (χ0n) is 17.1. The zero-order chi connectivity index (χ0) is 21.9. The number of sulfone groups is 1. The molecule has 2 atom stereocenters. The van der Waals surface area contributed by atoms with Crippen molar-refractivity contribution in [3.63, 3.8) is 0 Å². The Bertz CT molecular complexity index is 1070. The fourth-order valence-electron chi connectivity index (χ4n) is 4.00. The van der Waals surface area contributed by atoms with E-state index in [-0.39, 0.29) is 12.0 Å². The van der Waals surface area contributed by atoms with Gasteiger partial charge in [0.25, 0.3) is 0 Å². The van der Waals surface area contributed by atoms with E-state index in [9.17, 15) is 18.5 Å². The van der Waals surface area contributed by atoms with E-state index in [0.717, 1.165) is 23.8 Å². The Hall–Kier alpha value is -2.36. The molecule has 1 unspecified atom stereocenters. The molecule has 1 fully saturated rings. The summed E-state index contributed by atoms with van der Waals surface area (Å²) in [5.74, 6) is -0.568. The van der Waals surface area contributed by atoms with Crippen LogP contribution in [0.1, 0.15) is 48.8 Å². The Morgan fingerprint density at radius 1 is 1.23 bits per heavy atom. The topological polar surface area (TPSA) is 87.0 Å². The lowest BCUT2D eigenvalue weighted by atomic mass is 9.82. The molecule has 0 aromatic heterocycles. The van der Waals surface area contributed by atoms with Crippen LogP contribution >= 0.6 is 11.6 Å². The first kappa shape index (κ1) is 22.3. The molecule has 1 amide bonds. The summed E-state index contributed by atoms with van der Waals surface area (Å²) in [6, 6.07) is 16.6. The second kappa shape index (κ2) is 8.79. The molecule has 5 nitrogen and oxygen atoms in total. The highest BCUT2D eigenvalue weighted by Crippen LogP contribution is 2.39. The van der Waals surface area contributed by atoms with Crippen LogP contribution in [0.5, 0.6) is 0 Å². The van der Waals surface area contributed by atoms with Gasteiger partial charge in [-0.3, -0.25) is 4.79 Å². The van der Waals surface area contributed by atoms with E-state index in [1.807, 2.05) is 49.4 Å². The Morgan fingerprint density at radius 3 is 2.43 bits per heavy atom. The fraction of sp³-hybridized carbons (Fsp3) is 0.391. The minimum atomic E-state index is -3.51. The predicted octanol–water partition coefficient (Wildman–Crippen LogP) is 4.01. The lowest BCUT2D eigenvalue weighted by Crippen LogP contribution is -2.58. The molecule has 0 aliphatic heterocycles. The second-order valence-electron chi connectivity index (χ2n) is 8.06. The summed E-state index contributed by atoms with van der Waals surface area (Å²) in [6.45, 7) is 1.88. The summed E-state index contributed by atoms with van der Waals surface area (Å²) in [4.78, 5) is 13.0. The molecule has 30 heavy (non-hydrogen) atoms. The van der Waals surface area contributed by atoms with Gasteiger partial charge in [0.1, 0.15) is 4.75 Å². The molecule has 0 heterocycles. The Kier molecular flexibility index (Phi) is 6.54. The zero-order valence-corrected chi connectivity index (χ0v) is 18.6. The number of carbonyl (C=O) groups excluding carboxylic acids is 1. The van der Waals surface area contributed by atoms with Gasteiger partial charge in [0.15, 0.2) is 9.84 Å². The van der Waals surface area contributed by atoms with Crippen LogP contribution in [0.3, 0.4) is 0 Å². The molecule has 1 saturated carbocycles. The lowest BCUT2D eigenvalue weighted by Gasteiger charge is -2.39. The Labute approximate surface area is 183 Å². The van der Waals surface area contributed by atoms with E-state index < -0.39 is 20.5 Å². The second-order valence-corrected chi connectivity index (χ2v) is 10.8. The molecule has 1 N–H and O–H groups in total. The maximum absolute atomic E-state index is 13.0. The van der Waals surface area contributed by atoms with Gasteiger partial charge < -0.3 is 5.32 Å². The van der Waals surface area contributed by atoms with Crippen LogP contribution < -0.4 is 5.32 Å². The van der Waals surface area contributed by atoms with Gasteiger partial charge in [0.2, 0.25) is 5.91 Å².